The minimum atomic E-state index is 0.134. The zero-order valence-electron chi connectivity index (χ0n) is 7.98. The van der Waals surface area contributed by atoms with Crippen LogP contribution in [0.2, 0.25) is 0 Å². The van der Waals surface area contributed by atoms with E-state index in [-0.39, 0.29) is 11.6 Å². The predicted octanol–water partition coefficient (Wildman–Crippen LogP) is 0.348. The lowest BCUT2D eigenvalue weighted by Crippen LogP contribution is -2.43. The summed E-state index contributed by atoms with van der Waals surface area (Å²) in [6.45, 7) is 7.75. The van der Waals surface area contributed by atoms with E-state index in [0.29, 0.717) is 6.54 Å². The van der Waals surface area contributed by atoms with Gasteiger partial charge in [-0.25, -0.2) is 0 Å². The fraction of sp³-hybridized carbons (Fsp3) is 1.00. The minimum Gasteiger partial charge on any atom is -0.379 e. The zero-order valence-corrected chi connectivity index (χ0v) is 7.98. The molecule has 0 aromatic carbocycles. The second-order valence-corrected chi connectivity index (χ2v) is 3.72. The predicted molar refractivity (Wildman–Crippen MR) is 47.6 cm³/mol. The van der Waals surface area contributed by atoms with Gasteiger partial charge in [-0.15, -0.1) is 0 Å². The summed E-state index contributed by atoms with van der Waals surface area (Å²) in [5.41, 5.74) is 5.59. The van der Waals surface area contributed by atoms with Crippen molar-refractivity contribution in [3.05, 3.63) is 0 Å². The van der Waals surface area contributed by atoms with Gasteiger partial charge in [0.2, 0.25) is 0 Å². The smallest absolute Gasteiger partial charge is 0.0817 e. The Kier molecular flexibility index (Phi) is 4.65. The first-order valence-electron chi connectivity index (χ1n) is 3.97. The van der Waals surface area contributed by atoms with Crippen LogP contribution in [0.15, 0.2) is 0 Å². The highest BCUT2D eigenvalue weighted by molar-refractivity contribution is 4.73. The molecule has 0 aliphatic rings. The van der Waals surface area contributed by atoms with Crippen molar-refractivity contribution in [3.63, 3.8) is 0 Å². The van der Waals surface area contributed by atoms with E-state index in [1.54, 1.807) is 7.11 Å². The molecule has 0 radical (unpaired) electrons. The summed E-state index contributed by atoms with van der Waals surface area (Å²) in [5, 5.41) is 3.32. The van der Waals surface area contributed by atoms with Crippen molar-refractivity contribution in [3.8, 4) is 0 Å². The topological polar surface area (TPSA) is 47.3 Å². The maximum Gasteiger partial charge on any atom is 0.0817 e. The second-order valence-electron chi connectivity index (χ2n) is 3.72. The van der Waals surface area contributed by atoms with E-state index in [2.05, 4.69) is 26.1 Å². The lowest BCUT2D eigenvalue weighted by molar-refractivity contribution is 0.102. The molecule has 11 heavy (non-hydrogen) atoms. The SMILES string of the molecule is COC(CN)CNC(C)(C)C. The Balaban J connectivity index is 3.51. The fourth-order valence-corrected chi connectivity index (χ4v) is 0.683. The quantitative estimate of drug-likeness (QED) is 0.624. The molecule has 0 aliphatic heterocycles. The number of ether oxygens (including phenoxy) is 1. The van der Waals surface area contributed by atoms with Crippen LogP contribution in [0, 0.1) is 0 Å². The van der Waals surface area contributed by atoms with Gasteiger partial charge in [0.25, 0.3) is 0 Å². The zero-order chi connectivity index (χ0) is 8.91. The van der Waals surface area contributed by atoms with Crippen molar-refractivity contribution in [1.82, 2.24) is 5.32 Å². The average Bonchev–Trinajstić information content (AvgIpc) is 1.88. The average molecular weight is 160 g/mol. The van der Waals surface area contributed by atoms with Gasteiger partial charge in [-0.1, -0.05) is 0 Å². The number of nitrogens with one attached hydrogen (secondary N) is 1. The van der Waals surface area contributed by atoms with Gasteiger partial charge in [0.05, 0.1) is 6.10 Å². The Hall–Kier alpha value is -0.120. The molecule has 0 amide bonds. The highest BCUT2D eigenvalue weighted by atomic mass is 16.5. The van der Waals surface area contributed by atoms with Crippen LogP contribution in [-0.4, -0.2) is 31.8 Å². The van der Waals surface area contributed by atoms with Crippen molar-refractivity contribution in [2.75, 3.05) is 20.2 Å². The Bertz CT molecular complexity index is 94.8. The molecule has 0 aliphatic carbocycles. The van der Waals surface area contributed by atoms with Crippen LogP contribution in [-0.2, 0) is 4.74 Å². The molecule has 0 aromatic heterocycles. The summed E-state index contributed by atoms with van der Waals surface area (Å²) in [6.07, 6.45) is 0.134. The summed E-state index contributed by atoms with van der Waals surface area (Å²) < 4.78 is 5.11. The van der Waals surface area contributed by atoms with Crippen LogP contribution in [0.1, 0.15) is 20.8 Å². The highest BCUT2D eigenvalue weighted by Gasteiger charge is 2.11. The molecule has 3 nitrogen and oxygen atoms in total. The molecular weight excluding hydrogens is 140 g/mol. The Morgan fingerprint density at radius 3 is 2.27 bits per heavy atom. The molecular formula is C8H20N2O. The maximum absolute atomic E-state index is 5.45. The van der Waals surface area contributed by atoms with Crippen molar-refractivity contribution >= 4 is 0 Å². The lowest BCUT2D eigenvalue weighted by Gasteiger charge is -2.23. The van der Waals surface area contributed by atoms with Crippen LogP contribution in [0.4, 0.5) is 0 Å². The Labute approximate surface area is 69.3 Å². The molecule has 0 rings (SSSR count). The van der Waals surface area contributed by atoms with Crippen LogP contribution in [0.25, 0.3) is 0 Å². The van der Waals surface area contributed by atoms with Crippen LogP contribution in [0.3, 0.4) is 0 Å². The van der Waals surface area contributed by atoms with Gasteiger partial charge in [-0.3, -0.25) is 0 Å². The normalized spacial score (nSPS) is 15.0. The first-order valence-corrected chi connectivity index (χ1v) is 3.97. The Morgan fingerprint density at radius 2 is 2.00 bits per heavy atom. The summed E-state index contributed by atoms with van der Waals surface area (Å²) in [4.78, 5) is 0. The van der Waals surface area contributed by atoms with E-state index in [1.165, 1.54) is 0 Å². The van der Waals surface area contributed by atoms with Gasteiger partial charge in [-0.05, 0) is 20.8 Å². The van der Waals surface area contributed by atoms with Gasteiger partial charge < -0.3 is 15.8 Å². The molecule has 3 heteroatoms. The summed E-state index contributed by atoms with van der Waals surface area (Å²) >= 11 is 0. The number of nitrogens with two attached hydrogens (primary N) is 1. The van der Waals surface area contributed by atoms with Crippen molar-refractivity contribution in [1.29, 1.82) is 0 Å². The molecule has 1 unspecified atom stereocenters. The minimum absolute atomic E-state index is 0.134. The molecule has 0 heterocycles. The van der Waals surface area contributed by atoms with Gasteiger partial charge in [0.15, 0.2) is 0 Å². The monoisotopic (exact) mass is 160 g/mol. The Morgan fingerprint density at radius 1 is 1.45 bits per heavy atom. The summed E-state index contributed by atoms with van der Waals surface area (Å²) in [6, 6.07) is 0. The molecule has 0 fully saturated rings. The second kappa shape index (κ2) is 4.70. The van der Waals surface area contributed by atoms with E-state index >= 15 is 0 Å². The highest BCUT2D eigenvalue weighted by Crippen LogP contribution is 1.98. The standard InChI is InChI=1S/C8H20N2O/c1-8(2,3)10-6-7(5-9)11-4/h7,10H,5-6,9H2,1-4H3. The van der Waals surface area contributed by atoms with E-state index in [4.69, 9.17) is 10.5 Å². The first-order chi connectivity index (χ1) is 4.99. The third-order valence-electron chi connectivity index (χ3n) is 1.46. The number of methoxy groups -OCH3 is 1. The van der Waals surface area contributed by atoms with E-state index < -0.39 is 0 Å². The van der Waals surface area contributed by atoms with E-state index in [9.17, 15) is 0 Å². The van der Waals surface area contributed by atoms with E-state index in [1.807, 2.05) is 0 Å². The maximum atomic E-state index is 5.45. The number of hydrogen-bond donors (Lipinski definition) is 2. The third-order valence-corrected chi connectivity index (χ3v) is 1.46. The molecule has 0 bridgehead atoms. The van der Waals surface area contributed by atoms with Crippen LogP contribution in [0.5, 0.6) is 0 Å². The summed E-state index contributed by atoms with van der Waals surface area (Å²) in [5.74, 6) is 0. The lowest BCUT2D eigenvalue weighted by atomic mass is 10.1. The van der Waals surface area contributed by atoms with Gasteiger partial charge >= 0.3 is 0 Å². The van der Waals surface area contributed by atoms with E-state index in [0.717, 1.165) is 6.54 Å². The molecule has 0 saturated heterocycles. The van der Waals surface area contributed by atoms with Crippen LogP contribution < -0.4 is 11.1 Å². The third kappa shape index (κ3) is 6.28. The van der Waals surface area contributed by atoms with Gasteiger partial charge in [-0.2, -0.15) is 0 Å². The van der Waals surface area contributed by atoms with Crippen molar-refractivity contribution < 1.29 is 4.74 Å². The number of hydrogen-bond acceptors (Lipinski definition) is 3. The van der Waals surface area contributed by atoms with Gasteiger partial charge in [0.1, 0.15) is 0 Å². The van der Waals surface area contributed by atoms with Crippen LogP contribution >= 0.6 is 0 Å². The molecule has 1 atom stereocenters. The first kappa shape index (κ1) is 10.9. The van der Waals surface area contributed by atoms with Gasteiger partial charge in [0, 0.05) is 25.7 Å². The summed E-state index contributed by atoms with van der Waals surface area (Å²) in [7, 11) is 1.68. The molecule has 0 saturated carbocycles. The van der Waals surface area contributed by atoms with Crippen molar-refractivity contribution in [2.24, 2.45) is 5.73 Å². The molecule has 68 valence electrons. The molecule has 3 N–H and O–H groups in total. The molecule has 0 spiro atoms. The van der Waals surface area contributed by atoms with Crippen molar-refractivity contribution in [2.45, 2.75) is 32.4 Å². The fourth-order valence-electron chi connectivity index (χ4n) is 0.683. The molecule has 0 aromatic rings. The number of rotatable bonds is 4. The largest absolute Gasteiger partial charge is 0.379 e.